The molecule has 16 heteroatoms. The van der Waals surface area contributed by atoms with E-state index in [4.69, 9.17) is 23.7 Å². The summed E-state index contributed by atoms with van der Waals surface area (Å²) in [4.78, 5) is 36.2. The maximum Gasteiger partial charge on any atom is 0.298 e. The number of aliphatic hydroxyl groups excluding tert-OH is 1. The Kier molecular flexibility index (Phi) is 15.0. The molecular weight excluding hydrogens is 596 g/mol. The van der Waals surface area contributed by atoms with Gasteiger partial charge in [0.05, 0.1) is 32.1 Å². The number of amides is 2. The van der Waals surface area contributed by atoms with E-state index in [9.17, 15) is 19.5 Å². The summed E-state index contributed by atoms with van der Waals surface area (Å²) in [6, 6.07) is 6.58. The Balaban J connectivity index is 0.00000330. The van der Waals surface area contributed by atoms with Crippen LogP contribution in [0.3, 0.4) is 0 Å². The Hall–Kier alpha value is -4.80. The lowest BCUT2D eigenvalue weighted by Gasteiger charge is -2.18. The molecule has 0 spiro atoms. The Labute approximate surface area is 258 Å². The highest BCUT2D eigenvalue weighted by Crippen LogP contribution is 2.38. The minimum Gasteiger partial charge on any atom is -0.496 e. The van der Waals surface area contributed by atoms with Gasteiger partial charge in [-0.2, -0.15) is 9.78 Å². The largest absolute Gasteiger partial charge is 0.496 e. The number of hydrogen-bond acceptors (Lipinski definition) is 13. The van der Waals surface area contributed by atoms with E-state index in [1.54, 1.807) is 31.2 Å². The number of ether oxygens (including phenoxy) is 5. The van der Waals surface area contributed by atoms with Crippen LogP contribution in [0.1, 0.15) is 33.3 Å². The monoisotopic (exact) mass is 632 g/mol. The van der Waals surface area contributed by atoms with E-state index in [2.05, 4.69) is 25.9 Å². The average molecular weight is 633 g/mol. The molecule has 0 unspecified atom stereocenters. The number of methoxy groups -OCH3 is 2. The molecule has 2 amide bonds. The third-order valence-corrected chi connectivity index (χ3v) is 6.06. The summed E-state index contributed by atoms with van der Waals surface area (Å²) in [5, 5.41) is 26.9. The van der Waals surface area contributed by atoms with Gasteiger partial charge in [0, 0.05) is 25.7 Å². The zero-order chi connectivity index (χ0) is 32.5. The number of aliphatic hydroxyl groups is 1. The number of nitrogens with one attached hydrogen (secondary N) is 2. The zero-order valence-corrected chi connectivity index (χ0v) is 26.1. The van der Waals surface area contributed by atoms with Crippen LogP contribution in [0.4, 0.5) is 10.9 Å². The van der Waals surface area contributed by atoms with Crippen molar-refractivity contribution in [1.29, 1.82) is 0 Å². The Morgan fingerprint density at radius 1 is 1.05 bits per heavy atom. The minimum absolute atomic E-state index is 0.0157. The van der Waals surface area contributed by atoms with Crippen molar-refractivity contribution >= 4 is 46.1 Å². The Bertz CT molecular complexity index is 1450. The lowest BCUT2D eigenvalue weighted by atomic mass is 10.0. The van der Waals surface area contributed by atoms with Crippen LogP contribution in [0, 0.1) is 0 Å². The van der Waals surface area contributed by atoms with Gasteiger partial charge in [0.1, 0.15) is 36.3 Å². The van der Waals surface area contributed by atoms with Crippen molar-refractivity contribution in [2.24, 2.45) is 0 Å². The van der Waals surface area contributed by atoms with Gasteiger partial charge in [0.2, 0.25) is 16.2 Å². The topological polar surface area (TPSA) is 185 Å². The summed E-state index contributed by atoms with van der Waals surface area (Å²) in [5.41, 5.74) is 0.670. The molecule has 3 rings (SSSR count). The lowest BCUT2D eigenvalue weighted by Crippen LogP contribution is -2.17. The fourth-order valence-corrected chi connectivity index (χ4v) is 4.22. The standard InChI is InChI=1S/C26H30N6O9S.C2H6/c1-16(39-13-12-37-3)18(23-19(38-4)6-5-7-20(23)40-11-10-33)14-21(41-15-34)24(36)29-25-30-31-26(42-25)32-22(8-9-27-32)28-17(2)35;1-2/h5-9,14-15,33H,10-13H2,1-4H3,(H,28,35)(H,29,30,36);1-2H3/b18-16-,21-14-;. The fraction of sp³-hybridized carbons (Fsp3) is 0.357. The van der Waals surface area contributed by atoms with E-state index in [-0.39, 0.29) is 54.6 Å². The smallest absolute Gasteiger partial charge is 0.298 e. The number of nitrogens with zero attached hydrogens (tertiary/aromatic N) is 4. The second-order valence-corrected chi connectivity index (χ2v) is 9.05. The van der Waals surface area contributed by atoms with E-state index in [1.807, 2.05) is 13.8 Å². The predicted octanol–water partition coefficient (Wildman–Crippen LogP) is 3.18. The molecule has 1 aromatic carbocycles. The molecule has 0 fully saturated rings. The molecule has 0 saturated carbocycles. The lowest BCUT2D eigenvalue weighted by molar-refractivity contribution is -0.129. The Morgan fingerprint density at radius 2 is 1.80 bits per heavy atom. The van der Waals surface area contributed by atoms with Gasteiger partial charge in [-0.15, -0.1) is 10.2 Å². The first kappa shape index (κ1) is 35.4. The molecule has 15 nitrogen and oxygen atoms in total. The quantitative estimate of drug-likeness (QED) is 0.0690. The summed E-state index contributed by atoms with van der Waals surface area (Å²) in [6.45, 7) is 7.30. The summed E-state index contributed by atoms with van der Waals surface area (Å²) < 4.78 is 28.6. The maximum atomic E-state index is 13.3. The van der Waals surface area contributed by atoms with E-state index in [0.717, 1.165) is 11.3 Å². The molecule has 0 saturated heterocycles. The molecule has 3 aromatic rings. The molecule has 44 heavy (non-hydrogen) atoms. The number of aromatic nitrogens is 4. The first-order chi connectivity index (χ1) is 21.3. The van der Waals surface area contributed by atoms with Crippen molar-refractivity contribution in [3.05, 3.63) is 53.6 Å². The van der Waals surface area contributed by atoms with Crippen LogP contribution in [0.25, 0.3) is 10.7 Å². The fourth-order valence-electron chi connectivity index (χ4n) is 3.51. The van der Waals surface area contributed by atoms with Crippen molar-refractivity contribution in [3.63, 3.8) is 0 Å². The number of benzene rings is 1. The van der Waals surface area contributed by atoms with Gasteiger partial charge >= 0.3 is 0 Å². The average Bonchev–Trinajstić information content (AvgIpc) is 3.68. The van der Waals surface area contributed by atoms with Crippen LogP contribution in [-0.4, -0.2) is 84.0 Å². The van der Waals surface area contributed by atoms with E-state index in [1.165, 1.54) is 38.1 Å². The van der Waals surface area contributed by atoms with E-state index >= 15 is 0 Å². The van der Waals surface area contributed by atoms with Crippen molar-refractivity contribution in [1.82, 2.24) is 20.0 Å². The predicted molar refractivity (Wildman–Crippen MR) is 163 cm³/mol. The van der Waals surface area contributed by atoms with Crippen LogP contribution >= 0.6 is 11.3 Å². The molecule has 2 heterocycles. The van der Waals surface area contributed by atoms with E-state index in [0.29, 0.717) is 28.6 Å². The molecule has 0 radical (unpaired) electrons. The molecule has 2 aromatic heterocycles. The first-order valence-corrected chi connectivity index (χ1v) is 14.2. The molecule has 0 aliphatic carbocycles. The van der Waals surface area contributed by atoms with Crippen LogP contribution in [-0.2, 0) is 28.6 Å². The number of allylic oxidation sites excluding steroid dienone is 3. The van der Waals surface area contributed by atoms with Gasteiger partial charge in [-0.25, -0.2) is 0 Å². The summed E-state index contributed by atoms with van der Waals surface area (Å²) >= 11 is 0.958. The third-order valence-electron chi connectivity index (χ3n) is 5.25. The number of carbonyl (C=O) groups is 3. The molecule has 0 bridgehead atoms. The normalized spacial score (nSPS) is 11.4. The van der Waals surface area contributed by atoms with Crippen LogP contribution in [0.15, 0.2) is 48.1 Å². The second kappa shape index (κ2) is 18.7. The third kappa shape index (κ3) is 9.89. The molecular formula is C28H36N6O9S. The zero-order valence-electron chi connectivity index (χ0n) is 25.3. The second-order valence-electron chi connectivity index (χ2n) is 8.09. The summed E-state index contributed by atoms with van der Waals surface area (Å²) in [5.74, 6) is -0.186. The van der Waals surface area contributed by atoms with Crippen LogP contribution in [0.2, 0.25) is 0 Å². The van der Waals surface area contributed by atoms with Crippen molar-refractivity contribution in [3.8, 4) is 16.6 Å². The van der Waals surface area contributed by atoms with Crippen molar-refractivity contribution in [2.75, 3.05) is 51.3 Å². The molecule has 0 aliphatic heterocycles. The highest BCUT2D eigenvalue weighted by molar-refractivity contribution is 7.17. The summed E-state index contributed by atoms with van der Waals surface area (Å²) in [7, 11) is 2.98. The minimum atomic E-state index is -0.831. The number of hydrogen-bond donors (Lipinski definition) is 3. The number of rotatable bonds is 16. The van der Waals surface area contributed by atoms with Crippen molar-refractivity contribution in [2.45, 2.75) is 27.7 Å². The van der Waals surface area contributed by atoms with Gasteiger partial charge in [-0.05, 0) is 25.1 Å². The number of carbonyl (C=O) groups excluding carboxylic acids is 3. The molecule has 3 N–H and O–H groups in total. The maximum absolute atomic E-state index is 13.3. The highest BCUT2D eigenvalue weighted by atomic mass is 32.1. The van der Waals surface area contributed by atoms with Gasteiger partial charge in [0.25, 0.3) is 12.4 Å². The van der Waals surface area contributed by atoms with E-state index < -0.39 is 11.7 Å². The van der Waals surface area contributed by atoms with Crippen LogP contribution < -0.4 is 20.1 Å². The highest BCUT2D eigenvalue weighted by Gasteiger charge is 2.22. The number of anilines is 2. The van der Waals surface area contributed by atoms with Gasteiger partial charge < -0.3 is 34.1 Å². The Morgan fingerprint density at radius 3 is 2.45 bits per heavy atom. The molecule has 0 aliphatic rings. The SMILES string of the molecule is CC.COCCO/C(C)=C(/C=C(\OC=O)C(=O)Nc1nnc(-n2nccc2NC(C)=O)s1)c1c(OC)cccc1OCCO. The van der Waals surface area contributed by atoms with Gasteiger partial charge in [-0.1, -0.05) is 31.3 Å². The first-order valence-electron chi connectivity index (χ1n) is 13.3. The van der Waals surface area contributed by atoms with Crippen molar-refractivity contribution < 1.29 is 43.2 Å². The summed E-state index contributed by atoms with van der Waals surface area (Å²) in [6.07, 6.45) is 2.75. The van der Waals surface area contributed by atoms with Crippen LogP contribution in [0.5, 0.6) is 11.5 Å². The van der Waals surface area contributed by atoms with Gasteiger partial charge in [-0.3, -0.25) is 19.7 Å². The van der Waals surface area contributed by atoms with Gasteiger partial charge in [0.15, 0.2) is 5.76 Å². The molecule has 238 valence electrons. The molecule has 0 atom stereocenters.